The zero-order valence-corrected chi connectivity index (χ0v) is 7.84. The average molecular weight is 225 g/mol. The summed E-state index contributed by atoms with van der Waals surface area (Å²) in [6.45, 7) is 0.675. The molecule has 0 aromatic heterocycles. The summed E-state index contributed by atoms with van der Waals surface area (Å²) in [7, 11) is 0. The number of ether oxygens (including phenoxy) is 1. The molecule has 0 saturated carbocycles. The van der Waals surface area contributed by atoms with Crippen molar-refractivity contribution >= 4 is 12.1 Å². The Morgan fingerprint density at radius 3 is 2.07 bits per heavy atom. The molecular weight excluding hydrogens is 215 g/mol. The van der Waals surface area contributed by atoms with Crippen LogP contribution in [-0.4, -0.2) is 36.2 Å². The van der Waals surface area contributed by atoms with Crippen LogP contribution in [0.2, 0.25) is 0 Å². The van der Waals surface area contributed by atoms with Crippen molar-refractivity contribution in [2.24, 2.45) is 0 Å². The molecule has 0 N–H and O–H groups in total. The fourth-order valence-corrected chi connectivity index (χ4v) is 1.28. The molecule has 0 radical (unpaired) electrons. The Bertz CT molecular complexity index is 258. The van der Waals surface area contributed by atoms with E-state index in [2.05, 4.69) is 4.74 Å². The summed E-state index contributed by atoms with van der Waals surface area (Å²) in [5, 5.41) is 0. The minimum atomic E-state index is -5.12. The fraction of sp³-hybridized carbons (Fsp3) is 0.750. The van der Waals surface area contributed by atoms with Crippen LogP contribution in [0.4, 0.5) is 18.0 Å². The molecule has 0 aromatic rings. The molecule has 1 saturated heterocycles. The topological polar surface area (TPSA) is 46.6 Å². The fourth-order valence-electron chi connectivity index (χ4n) is 1.28. The number of esters is 1. The Morgan fingerprint density at radius 2 is 1.60 bits per heavy atom. The highest BCUT2D eigenvalue weighted by Gasteiger charge is 2.43. The summed E-state index contributed by atoms with van der Waals surface area (Å²) in [6.07, 6.45) is -3.97. The van der Waals surface area contributed by atoms with Gasteiger partial charge in [0.15, 0.2) is 0 Å². The third-order valence-corrected chi connectivity index (χ3v) is 2.03. The molecule has 4 nitrogen and oxygen atoms in total. The van der Waals surface area contributed by atoms with Crippen LogP contribution in [0.15, 0.2) is 0 Å². The highest BCUT2D eigenvalue weighted by Crippen LogP contribution is 2.18. The standard InChI is InChI=1S/C8H10F3NO3/c9-8(10,11)6(13)15-7(14)12-4-2-1-3-5-12/h1-5H2. The van der Waals surface area contributed by atoms with Crippen molar-refractivity contribution < 1.29 is 27.5 Å². The first-order chi connectivity index (χ1) is 6.91. The Hall–Kier alpha value is -1.27. The van der Waals surface area contributed by atoms with Crippen molar-refractivity contribution in [1.82, 2.24) is 4.90 Å². The van der Waals surface area contributed by atoms with E-state index < -0.39 is 18.2 Å². The van der Waals surface area contributed by atoms with Gasteiger partial charge in [0.2, 0.25) is 0 Å². The van der Waals surface area contributed by atoms with Gasteiger partial charge in [-0.1, -0.05) is 0 Å². The van der Waals surface area contributed by atoms with Crippen molar-refractivity contribution in [1.29, 1.82) is 0 Å². The SMILES string of the molecule is O=C(OC(=O)C(F)(F)F)N1CCCCC1. The molecule has 7 heteroatoms. The van der Waals surface area contributed by atoms with E-state index in [4.69, 9.17) is 0 Å². The number of amides is 1. The van der Waals surface area contributed by atoms with Crippen molar-refractivity contribution in [3.63, 3.8) is 0 Å². The Balaban J connectivity index is 2.44. The number of halogens is 3. The smallest absolute Gasteiger partial charge is 0.369 e. The van der Waals surface area contributed by atoms with Crippen molar-refractivity contribution in [2.75, 3.05) is 13.1 Å². The molecule has 1 amide bonds. The summed E-state index contributed by atoms with van der Waals surface area (Å²) < 4.78 is 38.9. The molecule has 1 rings (SSSR count). The third kappa shape index (κ3) is 3.41. The second kappa shape index (κ2) is 4.50. The van der Waals surface area contributed by atoms with Crippen LogP contribution in [0, 0.1) is 0 Å². The predicted molar refractivity (Wildman–Crippen MR) is 43.0 cm³/mol. The van der Waals surface area contributed by atoms with Gasteiger partial charge in [0.1, 0.15) is 0 Å². The molecule has 86 valence electrons. The number of nitrogens with zero attached hydrogens (tertiary/aromatic N) is 1. The molecule has 1 fully saturated rings. The summed E-state index contributed by atoms with van der Waals surface area (Å²) in [5.74, 6) is -2.46. The minimum absolute atomic E-state index is 0.337. The molecule has 1 aliphatic heterocycles. The van der Waals surface area contributed by atoms with Gasteiger partial charge in [-0.2, -0.15) is 13.2 Å². The first-order valence-electron chi connectivity index (χ1n) is 4.49. The van der Waals surface area contributed by atoms with E-state index in [1.165, 1.54) is 0 Å². The number of piperidine rings is 1. The van der Waals surface area contributed by atoms with Crippen molar-refractivity contribution in [3.05, 3.63) is 0 Å². The van der Waals surface area contributed by atoms with Gasteiger partial charge >= 0.3 is 18.2 Å². The number of carbonyl (C=O) groups is 2. The van der Waals surface area contributed by atoms with Gasteiger partial charge in [-0.3, -0.25) is 0 Å². The highest BCUT2D eigenvalue weighted by molar-refractivity contribution is 5.87. The lowest BCUT2D eigenvalue weighted by molar-refractivity contribution is -0.193. The van der Waals surface area contributed by atoms with E-state index in [9.17, 15) is 22.8 Å². The number of carbonyl (C=O) groups excluding carboxylic acids is 2. The summed E-state index contributed by atoms with van der Waals surface area (Å²) in [5.41, 5.74) is 0. The number of hydrogen-bond donors (Lipinski definition) is 0. The summed E-state index contributed by atoms with van der Waals surface area (Å²) in [6, 6.07) is 0. The maximum Gasteiger partial charge on any atom is 0.491 e. The maximum atomic E-state index is 11.7. The number of rotatable bonds is 0. The lowest BCUT2D eigenvalue weighted by Crippen LogP contribution is -2.39. The van der Waals surface area contributed by atoms with Crippen molar-refractivity contribution in [2.45, 2.75) is 25.4 Å². The van der Waals surface area contributed by atoms with E-state index in [1.807, 2.05) is 0 Å². The van der Waals surface area contributed by atoms with Gasteiger partial charge in [-0.05, 0) is 19.3 Å². The second-order valence-electron chi connectivity index (χ2n) is 3.20. The van der Waals surface area contributed by atoms with Gasteiger partial charge < -0.3 is 9.64 Å². The molecular formula is C8H10F3NO3. The summed E-state index contributed by atoms with van der Waals surface area (Å²) in [4.78, 5) is 22.5. The third-order valence-electron chi connectivity index (χ3n) is 2.03. The van der Waals surface area contributed by atoms with Gasteiger partial charge in [0, 0.05) is 13.1 Å². The molecule has 0 unspecified atom stereocenters. The quantitative estimate of drug-likeness (QED) is 0.465. The maximum absolute atomic E-state index is 11.7. The predicted octanol–water partition coefficient (Wildman–Crippen LogP) is 1.70. The number of hydrogen-bond acceptors (Lipinski definition) is 3. The van der Waals surface area contributed by atoms with E-state index in [0.29, 0.717) is 13.1 Å². The molecule has 0 aliphatic carbocycles. The van der Waals surface area contributed by atoms with Gasteiger partial charge in [-0.25, -0.2) is 9.59 Å². The van der Waals surface area contributed by atoms with Crippen LogP contribution in [0.25, 0.3) is 0 Å². The van der Waals surface area contributed by atoms with Crippen LogP contribution in [-0.2, 0) is 9.53 Å². The first-order valence-corrected chi connectivity index (χ1v) is 4.49. The van der Waals surface area contributed by atoms with E-state index in [0.717, 1.165) is 24.2 Å². The molecule has 0 atom stereocenters. The van der Waals surface area contributed by atoms with Gasteiger partial charge in [-0.15, -0.1) is 0 Å². The van der Waals surface area contributed by atoms with Crippen LogP contribution in [0.5, 0.6) is 0 Å². The lowest BCUT2D eigenvalue weighted by Gasteiger charge is -2.25. The molecule has 0 spiro atoms. The number of alkyl halides is 3. The normalized spacial score (nSPS) is 17.4. The summed E-state index contributed by atoms with van der Waals surface area (Å²) >= 11 is 0. The molecule has 0 aromatic carbocycles. The van der Waals surface area contributed by atoms with Crippen LogP contribution < -0.4 is 0 Å². The molecule has 0 bridgehead atoms. The monoisotopic (exact) mass is 225 g/mol. The zero-order chi connectivity index (χ0) is 11.5. The lowest BCUT2D eigenvalue weighted by atomic mass is 10.1. The minimum Gasteiger partial charge on any atom is -0.369 e. The molecule has 1 heterocycles. The van der Waals surface area contributed by atoms with Crippen LogP contribution >= 0.6 is 0 Å². The van der Waals surface area contributed by atoms with E-state index >= 15 is 0 Å². The van der Waals surface area contributed by atoms with Gasteiger partial charge in [0.05, 0.1) is 0 Å². The first kappa shape index (κ1) is 11.8. The molecule has 1 aliphatic rings. The zero-order valence-electron chi connectivity index (χ0n) is 7.84. The number of likely N-dealkylation sites (tertiary alicyclic amines) is 1. The van der Waals surface area contributed by atoms with Crippen molar-refractivity contribution in [3.8, 4) is 0 Å². The molecule has 15 heavy (non-hydrogen) atoms. The van der Waals surface area contributed by atoms with E-state index in [1.54, 1.807) is 0 Å². The second-order valence-corrected chi connectivity index (χ2v) is 3.20. The van der Waals surface area contributed by atoms with Crippen LogP contribution in [0.3, 0.4) is 0 Å². The largest absolute Gasteiger partial charge is 0.491 e. The Kier molecular flexibility index (Phi) is 3.54. The van der Waals surface area contributed by atoms with Gasteiger partial charge in [0.25, 0.3) is 0 Å². The Labute approximate surface area is 84.0 Å². The Morgan fingerprint density at radius 1 is 1.07 bits per heavy atom. The van der Waals surface area contributed by atoms with E-state index in [-0.39, 0.29) is 0 Å². The highest BCUT2D eigenvalue weighted by atomic mass is 19.4. The average Bonchev–Trinajstić information content (AvgIpc) is 2.17. The van der Waals surface area contributed by atoms with Crippen LogP contribution in [0.1, 0.15) is 19.3 Å².